The van der Waals surface area contributed by atoms with E-state index in [-0.39, 0.29) is 0 Å². The Balaban J connectivity index is 1.83. The quantitative estimate of drug-likeness (QED) is 0.589. The predicted octanol–water partition coefficient (Wildman–Crippen LogP) is 4.15. The third kappa shape index (κ3) is 4.53. The molecule has 6 nitrogen and oxygen atoms in total. The van der Waals surface area contributed by atoms with E-state index < -0.39 is 24.2 Å². The largest absolute Gasteiger partial charge is 0.405 e. The molecule has 0 atom stereocenters. The van der Waals surface area contributed by atoms with Gasteiger partial charge in [0, 0.05) is 35.1 Å². The van der Waals surface area contributed by atoms with Gasteiger partial charge in [0.05, 0.1) is 16.9 Å². The molecule has 0 aliphatic carbocycles. The minimum absolute atomic E-state index is 0.481. The standard InChI is InChI=1S/C18H17ClF3N5O/c1-17(2,16(28)26-9-18(20,21)22)27-12-3-10(5-23-7-12)14-8-25-15-13(14)4-11(19)6-24-15/h3-8,27H,9H2,1-2H3,(H,24,25)(H,26,28). The van der Waals surface area contributed by atoms with Crippen LogP contribution < -0.4 is 10.6 Å². The average molecular weight is 412 g/mol. The first-order valence-corrected chi connectivity index (χ1v) is 8.64. The molecule has 0 radical (unpaired) electrons. The van der Waals surface area contributed by atoms with Crippen LogP contribution in [-0.2, 0) is 4.79 Å². The number of fused-ring (bicyclic) bond motifs is 1. The molecule has 0 aliphatic heterocycles. The summed E-state index contributed by atoms with van der Waals surface area (Å²) >= 11 is 6.02. The first-order valence-electron chi connectivity index (χ1n) is 8.26. The summed E-state index contributed by atoms with van der Waals surface area (Å²) in [7, 11) is 0. The van der Waals surface area contributed by atoms with Crippen LogP contribution in [0.1, 0.15) is 13.8 Å². The second-order valence-electron chi connectivity index (χ2n) is 6.76. The fraction of sp³-hybridized carbons (Fsp3) is 0.278. The van der Waals surface area contributed by atoms with Crippen molar-refractivity contribution in [1.29, 1.82) is 0 Å². The minimum atomic E-state index is -4.47. The normalized spacial score (nSPS) is 12.2. The maximum Gasteiger partial charge on any atom is 0.405 e. The molecule has 3 aromatic rings. The van der Waals surface area contributed by atoms with Crippen molar-refractivity contribution in [3.63, 3.8) is 0 Å². The highest BCUT2D eigenvalue weighted by molar-refractivity contribution is 6.31. The first-order chi connectivity index (χ1) is 13.0. The van der Waals surface area contributed by atoms with E-state index in [4.69, 9.17) is 11.6 Å². The van der Waals surface area contributed by atoms with Gasteiger partial charge in [0.25, 0.3) is 0 Å². The van der Waals surface area contributed by atoms with Gasteiger partial charge in [-0.25, -0.2) is 4.98 Å². The van der Waals surface area contributed by atoms with Crippen LogP contribution >= 0.6 is 11.6 Å². The van der Waals surface area contributed by atoms with Crippen LogP contribution in [-0.4, -0.2) is 39.1 Å². The van der Waals surface area contributed by atoms with E-state index in [1.807, 2.05) is 5.32 Å². The number of nitrogens with zero attached hydrogens (tertiary/aromatic N) is 2. The number of pyridine rings is 2. The lowest BCUT2D eigenvalue weighted by molar-refractivity contribution is -0.140. The maximum absolute atomic E-state index is 12.3. The molecule has 0 saturated heterocycles. The van der Waals surface area contributed by atoms with Crippen LogP contribution in [0.25, 0.3) is 22.2 Å². The van der Waals surface area contributed by atoms with Gasteiger partial charge in [-0.1, -0.05) is 11.6 Å². The summed E-state index contributed by atoms with van der Waals surface area (Å²) in [4.78, 5) is 23.5. The van der Waals surface area contributed by atoms with Crippen molar-refractivity contribution in [3.8, 4) is 11.1 Å². The molecular weight excluding hydrogens is 395 g/mol. The molecular formula is C18H17ClF3N5O. The molecule has 0 fully saturated rings. The highest BCUT2D eigenvalue weighted by Gasteiger charge is 2.33. The molecule has 0 aliphatic rings. The van der Waals surface area contributed by atoms with Crippen molar-refractivity contribution >= 4 is 34.2 Å². The Kier molecular flexibility index (Phi) is 5.20. The Bertz CT molecular complexity index is 1020. The van der Waals surface area contributed by atoms with Crippen molar-refractivity contribution in [3.05, 3.63) is 41.9 Å². The molecule has 0 saturated carbocycles. The number of alkyl halides is 3. The van der Waals surface area contributed by atoms with Gasteiger partial charge in [0.15, 0.2) is 0 Å². The van der Waals surface area contributed by atoms with Gasteiger partial charge in [0.2, 0.25) is 5.91 Å². The molecule has 3 N–H and O–H groups in total. The van der Waals surface area contributed by atoms with E-state index in [0.29, 0.717) is 16.4 Å². The van der Waals surface area contributed by atoms with Gasteiger partial charge in [-0.15, -0.1) is 0 Å². The van der Waals surface area contributed by atoms with Crippen LogP contribution in [0.4, 0.5) is 18.9 Å². The monoisotopic (exact) mass is 411 g/mol. The van der Waals surface area contributed by atoms with E-state index in [9.17, 15) is 18.0 Å². The Morgan fingerprint density at radius 3 is 2.68 bits per heavy atom. The number of hydrogen-bond acceptors (Lipinski definition) is 4. The summed E-state index contributed by atoms with van der Waals surface area (Å²) in [5.41, 5.74) is 1.39. The molecule has 28 heavy (non-hydrogen) atoms. The molecule has 3 heterocycles. The maximum atomic E-state index is 12.3. The smallest absolute Gasteiger partial charge is 0.370 e. The van der Waals surface area contributed by atoms with E-state index in [1.54, 1.807) is 24.5 Å². The minimum Gasteiger partial charge on any atom is -0.370 e. The summed E-state index contributed by atoms with van der Waals surface area (Å²) in [6, 6.07) is 3.51. The number of nitrogens with one attached hydrogen (secondary N) is 3. The van der Waals surface area contributed by atoms with E-state index in [0.717, 1.165) is 16.5 Å². The van der Waals surface area contributed by atoms with Crippen molar-refractivity contribution in [2.45, 2.75) is 25.6 Å². The number of aromatic amines is 1. The number of rotatable bonds is 5. The highest BCUT2D eigenvalue weighted by atomic mass is 35.5. The van der Waals surface area contributed by atoms with Crippen LogP contribution in [0.5, 0.6) is 0 Å². The Morgan fingerprint density at radius 2 is 1.96 bits per heavy atom. The van der Waals surface area contributed by atoms with E-state index in [2.05, 4.69) is 20.3 Å². The summed E-state index contributed by atoms with van der Waals surface area (Å²) in [5, 5.41) is 6.09. The fourth-order valence-electron chi connectivity index (χ4n) is 2.69. The molecule has 0 aromatic carbocycles. The van der Waals surface area contributed by atoms with Gasteiger partial charge < -0.3 is 15.6 Å². The number of carbonyl (C=O) groups is 1. The zero-order valence-electron chi connectivity index (χ0n) is 15.0. The Hall–Kier alpha value is -2.81. The van der Waals surface area contributed by atoms with Crippen LogP contribution in [0.3, 0.4) is 0 Å². The first kappa shape index (κ1) is 19.9. The number of anilines is 1. The molecule has 3 aromatic heterocycles. The number of carbonyl (C=O) groups excluding carboxylic acids is 1. The van der Waals surface area contributed by atoms with Gasteiger partial charge in [-0.2, -0.15) is 13.2 Å². The molecule has 0 spiro atoms. The number of H-pyrrole nitrogens is 1. The number of amides is 1. The van der Waals surface area contributed by atoms with E-state index >= 15 is 0 Å². The van der Waals surface area contributed by atoms with Crippen molar-refractivity contribution in [2.75, 3.05) is 11.9 Å². The summed E-state index contributed by atoms with van der Waals surface area (Å²) in [5.74, 6) is -0.779. The van der Waals surface area contributed by atoms with Crippen LogP contribution in [0.2, 0.25) is 5.02 Å². The van der Waals surface area contributed by atoms with Crippen molar-refractivity contribution in [1.82, 2.24) is 20.3 Å². The highest BCUT2D eigenvalue weighted by Crippen LogP contribution is 2.30. The zero-order chi connectivity index (χ0) is 20.5. The third-order valence-corrected chi connectivity index (χ3v) is 4.23. The lowest BCUT2D eigenvalue weighted by Gasteiger charge is -2.26. The molecule has 148 valence electrons. The SMILES string of the molecule is CC(C)(Nc1cncc(-c2c[nH]c3ncc(Cl)cc23)c1)C(=O)NCC(F)(F)F. The fourth-order valence-corrected chi connectivity index (χ4v) is 2.85. The van der Waals surface area contributed by atoms with Crippen molar-refractivity contribution in [2.24, 2.45) is 0 Å². The molecule has 0 bridgehead atoms. The lowest BCUT2D eigenvalue weighted by Crippen LogP contribution is -2.50. The van der Waals surface area contributed by atoms with Crippen LogP contribution in [0.15, 0.2) is 36.9 Å². The second-order valence-corrected chi connectivity index (χ2v) is 7.20. The van der Waals surface area contributed by atoms with Crippen LogP contribution in [0, 0.1) is 0 Å². The lowest BCUT2D eigenvalue weighted by atomic mass is 10.0. The predicted molar refractivity (Wildman–Crippen MR) is 101 cm³/mol. The van der Waals surface area contributed by atoms with E-state index in [1.165, 1.54) is 26.2 Å². The number of aromatic nitrogens is 3. The van der Waals surface area contributed by atoms with Crippen molar-refractivity contribution < 1.29 is 18.0 Å². The molecule has 3 rings (SSSR count). The summed E-state index contributed by atoms with van der Waals surface area (Å²) in [6.45, 7) is 1.58. The zero-order valence-corrected chi connectivity index (χ0v) is 15.7. The molecule has 0 unspecified atom stereocenters. The Labute approximate surface area is 163 Å². The summed E-state index contributed by atoms with van der Waals surface area (Å²) in [6.07, 6.45) is 1.93. The Morgan fingerprint density at radius 1 is 1.21 bits per heavy atom. The van der Waals surface area contributed by atoms with Gasteiger partial charge >= 0.3 is 6.18 Å². The second kappa shape index (κ2) is 7.31. The number of hydrogen-bond donors (Lipinski definition) is 3. The third-order valence-electron chi connectivity index (χ3n) is 4.02. The topological polar surface area (TPSA) is 82.7 Å². The number of halogens is 4. The molecule has 10 heteroatoms. The van der Waals surface area contributed by atoms with Gasteiger partial charge in [-0.3, -0.25) is 9.78 Å². The van der Waals surface area contributed by atoms with Gasteiger partial charge in [0.1, 0.15) is 17.7 Å². The summed E-state index contributed by atoms with van der Waals surface area (Å²) < 4.78 is 37.0. The van der Waals surface area contributed by atoms with Gasteiger partial charge in [-0.05, 0) is 26.0 Å². The molecule has 1 amide bonds. The average Bonchev–Trinajstić information content (AvgIpc) is 3.01.